The van der Waals surface area contributed by atoms with Crippen LogP contribution in [-0.2, 0) is 4.79 Å². The van der Waals surface area contributed by atoms with E-state index < -0.39 is 0 Å². The Labute approximate surface area is 114 Å². The highest BCUT2D eigenvalue weighted by Gasteiger charge is 2.16. The monoisotopic (exact) mass is 287 g/mol. The average Bonchev–Trinajstić information content (AvgIpc) is 2.82. The molecule has 1 aliphatic rings. The normalized spacial score (nSPS) is 15.1. The summed E-state index contributed by atoms with van der Waals surface area (Å²) in [6, 6.07) is 0. The molecule has 1 aromatic heterocycles. The van der Waals surface area contributed by atoms with E-state index in [0.29, 0.717) is 9.66 Å². The van der Waals surface area contributed by atoms with Crippen LogP contribution in [0.3, 0.4) is 0 Å². The predicted octanol–water partition coefficient (Wildman–Crippen LogP) is 2.49. The summed E-state index contributed by atoms with van der Waals surface area (Å²) >= 11 is 6.73. The third-order valence-corrected chi connectivity index (χ3v) is 3.70. The smallest absolute Gasteiger partial charge is 0.295 e. The number of likely N-dealkylation sites (N-methyl/N-ethyl adjacent to an activating group) is 1. The molecule has 0 aliphatic heterocycles. The third kappa shape index (κ3) is 3.43. The molecular formula is C11H14ClN3O2S. The van der Waals surface area contributed by atoms with Gasteiger partial charge in [-0.1, -0.05) is 11.2 Å². The summed E-state index contributed by atoms with van der Waals surface area (Å²) in [5, 5.41) is 7.61. The van der Waals surface area contributed by atoms with Gasteiger partial charge >= 0.3 is 0 Å². The number of hydrogen-bond donors (Lipinski definition) is 0. The van der Waals surface area contributed by atoms with Crippen LogP contribution in [0.2, 0.25) is 4.47 Å². The standard InChI is InChI=1S/C11H14ClN3O2S/c1-15(8-5-3-2-4-6-8)9(16)7-17-11-14-13-10(12)18-11/h5H,2-4,6-7H2,1H3. The van der Waals surface area contributed by atoms with Crippen LogP contribution in [0.15, 0.2) is 11.8 Å². The molecule has 98 valence electrons. The molecular weight excluding hydrogens is 274 g/mol. The zero-order valence-corrected chi connectivity index (χ0v) is 11.6. The molecule has 1 aliphatic carbocycles. The summed E-state index contributed by atoms with van der Waals surface area (Å²) in [4.78, 5) is 13.6. The third-order valence-electron chi connectivity index (χ3n) is 2.77. The first-order valence-corrected chi connectivity index (χ1v) is 6.93. The highest BCUT2D eigenvalue weighted by molar-refractivity contribution is 7.17. The zero-order valence-electron chi connectivity index (χ0n) is 10.1. The van der Waals surface area contributed by atoms with Crippen molar-refractivity contribution >= 4 is 28.8 Å². The first kappa shape index (κ1) is 13.3. The maximum absolute atomic E-state index is 11.9. The molecule has 0 spiro atoms. The van der Waals surface area contributed by atoms with Gasteiger partial charge < -0.3 is 9.64 Å². The van der Waals surface area contributed by atoms with Gasteiger partial charge in [0.15, 0.2) is 6.61 Å². The maximum Gasteiger partial charge on any atom is 0.295 e. The fourth-order valence-corrected chi connectivity index (χ4v) is 2.42. The molecule has 0 atom stereocenters. The lowest BCUT2D eigenvalue weighted by Gasteiger charge is -2.23. The van der Waals surface area contributed by atoms with Crippen LogP contribution in [0.4, 0.5) is 0 Å². The number of rotatable bonds is 4. The Morgan fingerprint density at radius 3 is 3.00 bits per heavy atom. The number of nitrogens with zero attached hydrogens (tertiary/aromatic N) is 3. The number of ether oxygens (including phenoxy) is 1. The van der Waals surface area contributed by atoms with Gasteiger partial charge in [-0.25, -0.2) is 0 Å². The molecule has 0 saturated carbocycles. The largest absolute Gasteiger partial charge is 0.459 e. The van der Waals surface area contributed by atoms with Crippen molar-refractivity contribution in [3.05, 3.63) is 16.2 Å². The number of carbonyl (C=O) groups excluding carboxylic acids is 1. The van der Waals surface area contributed by atoms with Crippen molar-refractivity contribution in [2.75, 3.05) is 13.7 Å². The van der Waals surface area contributed by atoms with Gasteiger partial charge in [0, 0.05) is 12.7 Å². The van der Waals surface area contributed by atoms with Crippen LogP contribution in [-0.4, -0.2) is 34.7 Å². The van der Waals surface area contributed by atoms with Crippen molar-refractivity contribution < 1.29 is 9.53 Å². The Hall–Kier alpha value is -1.14. The Balaban J connectivity index is 1.85. The Kier molecular flexibility index (Phi) is 4.54. The molecule has 0 bridgehead atoms. The lowest BCUT2D eigenvalue weighted by molar-refractivity contribution is -0.130. The van der Waals surface area contributed by atoms with Gasteiger partial charge in [0.25, 0.3) is 11.1 Å². The first-order valence-electron chi connectivity index (χ1n) is 5.74. The van der Waals surface area contributed by atoms with Crippen LogP contribution >= 0.6 is 22.9 Å². The van der Waals surface area contributed by atoms with E-state index in [1.165, 1.54) is 6.42 Å². The van der Waals surface area contributed by atoms with E-state index in [1.54, 1.807) is 11.9 Å². The van der Waals surface area contributed by atoms with Crippen LogP contribution in [0.1, 0.15) is 25.7 Å². The molecule has 1 aromatic rings. The number of amides is 1. The van der Waals surface area contributed by atoms with Gasteiger partial charge in [-0.15, -0.1) is 5.10 Å². The van der Waals surface area contributed by atoms with Crippen LogP contribution in [0.25, 0.3) is 0 Å². The van der Waals surface area contributed by atoms with Crippen molar-refractivity contribution in [1.82, 2.24) is 15.1 Å². The summed E-state index contributed by atoms with van der Waals surface area (Å²) in [5.74, 6) is -0.0885. The Morgan fingerprint density at radius 1 is 1.56 bits per heavy atom. The first-order chi connectivity index (χ1) is 8.66. The molecule has 0 unspecified atom stereocenters. The second-order valence-corrected chi connectivity index (χ2v) is 5.53. The fourth-order valence-electron chi connectivity index (χ4n) is 1.76. The van der Waals surface area contributed by atoms with E-state index in [1.807, 2.05) is 0 Å². The summed E-state index contributed by atoms with van der Waals surface area (Å²) in [5.41, 5.74) is 1.07. The summed E-state index contributed by atoms with van der Waals surface area (Å²) in [6.45, 7) is -0.0423. The Bertz CT molecular complexity index is 461. The van der Waals surface area contributed by atoms with E-state index in [-0.39, 0.29) is 12.5 Å². The van der Waals surface area contributed by atoms with E-state index in [4.69, 9.17) is 16.3 Å². The lowest BCUT2D eigenvalue weighted by Crippen LogP contribution is -2.31. The fraction of sp³-hybridized carbons (Fsp3) is 0.545. The topological polar surface area (TPSA) is 55.3 Å². The molecule has 0 radical (unpaired) electrons. The van der Waals surface area contributed by atoms with Crippen LogP contribution in [0.5, 0.6) is 5.19 Å². The minimum atomic E-state index is -0.0885. The molecule has 7 heteroatoms. The average molecular weight is 288 g/mol. The van der Waals surface area contributed by atoms with Crippen LogP contribution < -0.4 is 4.74 Å². The van der Waals surface area contributed by atoms with Gasteiger partial charge in [0.05, 0.1) is 0 Å². The van der Waals surface area contributed by atoms with Crippen molar-refractivity contribution in [2.24, 2.45) is 0 Å². The molecule has 0 saturated heterocycles. The zero-order chi connectivity index (χ0) is 13.0. The molecule has 1 heterocycles. The van der Waals surface area contributed by atoms with Crippen molar-refractivity contribution in [3.63, 3.8) is 0 Å². The quantitative estimate of drug-likeness (QED) is 0.854. The molecule has 0 fully saturated rings. The number of aromatic nitrogens is 2. The number of hydrogen-bond acceptors (Lipinski definition) is 5. The number of halogens is 1. The molecule has 2 rings (SSSR count). The summed E-state index contributed by atoms with van der Waals surface area (Å²) < 4.78 is 5.55. The van der Waals surface area contributed by atoms with Gasteiger partial charge in [-0.05, 0) is 48.6 Å². The van der Waals surface area contributed by atoms with Crippen molar-refractivity contribution in [3.8, 4) is 5.19 Å². The van der Waals surface area contributed by atoms with E-state index >= 15 is 0 Å². The van der Waals surface area contributed by atoms with E-state index in [9.17, 15) is 4.79 Å². The van der Waals surface area contributed by atoms with E-state index in [0.717, 1.165) is 36.3 Å². The maximum atomic E-state index is 11.9. The lowest BCUT2D eigenvalue weighted by atomic mass is 10.0. The highest BCUT2D eigenvalue weighted by Crippen LogP contribution is 2.22. The molecule has 0 aromatic carbocycles. The molecule has 18 heavy (non-hydrogen) atoms. The van der Waals surface area contributed by atoms with Gasteiger partial charge in [0.1, 0.15) is 0 Å². The van der Waals surface area contributed by atoms with Gasteiger partial charge in [-0.3, -0.25) is 4.79 Å². The number of allylic oxidation sites excluding steroid dienone is 2. The van der Waals surface area contributed by atoms with Crippen molar-refractivity contribution in [2.45, 2.75) is 25.7 Å². The second kappa shape index (κ2) is 6.15. The number of carbonyl (C=O) groups is 1. The highest BCUT2D eigenvalue weighted by atomic mass is 35.5. The molecule has 0 N–H and O–H groups in total. The summed E-state index contributed by atoms with van der Waals surface area (Å²) in [6.07, 6.45) is 6.44. The van der Waals surface area contributed by atoms with Crippen LogP contribution in [0, 0.1) is 0 Å². The van der Waals surface area contributed by atoms with Crippen molar-refractivity contribution in [1.29, 1.82) is 0 Å². The second-order valence-electron chi connectivity index (χ2n) is 4.00. The van der Waals surface area contributed by atoms with Gasteiger partial charge in [0.2, 0.25) is 4.47 Å². The minimum absolute atomic E-state index is 0.0423. The van der Waals surface area contributed by atoms with Gasteiger partial charge in [-0.2, -0.15) is 0 Å². The SMILES string of the molecule is CN(C(=O)COc1nnc(Cl)s1)C1=CCCCC1. The summed E-state index contributed by atoms with van der Waals surface area (Å²) in [7, 11) is 1.77. The minimum Gasteiger partial charge on any atom is -0.459 e. The Morgan fingerprint density at radius 2 is 2.39 bits per heavy atom. The predicted molar refractivity (Wildman–Crippen MR) is 69.7 cm³/mol. The molecule has 5 nitrogen and oxygen atoms in total. The molecule has 1 amide bonds. The van der Waals surface area contributed by atoms with E-state index in [2.05, 4.69) is 16.3 Å².